The molecule has 0 aliphatic heterocycles. The molecule has 1 amide bonds. The zero-order valence-electron chi connectivity index (χ0n) is 6.78. The van der Waals surface area contributed by atoms with E-state index >= 15 is 0 Å². The van der Waals surface area contributed by atoms with Crippen LogP contribution in [0.25, 0.3) is 0 Å². The molecule has 1 aromatic rings. The summed E-state index contributed by atoms with van der Waals surface area (Å²) in [6.07, 6.45) is -1.24. The number of benzene rings is 1. The van der Waals surface area contributed by atoms with E-state index in [1.54, 1.807) is 6.92 Å². The maximum absolute atomic E-state index is 10.2. The van der Waals surface area contributed by atoms with Crippen LogP contribution in [0.15, 0.2) is 30.3 Å². The molecule has 0 bridgehead atoms. The maximum atomic E-state index is 10.2. The Bertz CT molecular complexity index is 258. The van der Waals surface area contributed by atoms with Crippen LogP contribution in [0.4, 0.5) is 4.79 Å². The van der Waals surface area contributed by atoms with Crippen LogP contribution in [-0.2, 0) is 0 Å². The standard InChI is InChI=1S/C9H11NO2/c1-7(10-9(11)12)8-5-3-2-4-6-8/h2-7,10H,1H3,(H,11,12)/p-1. The van der Waals surface area contributed by atoms with Crippen molar-refractivity contribution in [2.75, 3.05) is 0 Å². The van der Waals surface area contributed by atoms with Crippen molar-refractivity contribution in [3.63, 3.8) is 0 Å². The predicted octanol–water partition coefficient (Wildman–Crippen LogP) is 0.680. The third kappa shape index (κ3) is 2.27. The summed E-state index contributed by atoms with van der Waals surface area (Å²) in [6.45, 7) is 1.77. The number of amides is 1. The van der Waals surface area contributed by atoms with E-state index in [9.17, 15) is 9.90 Å². The molecule has 1 N–H and O–H groups in total. The van der Waals surface area contributed by atoms with E-state index in [1.807, 2.05) is 30.3 Å². The van der Waals surface area contributed by atoms with Gasteiger partial charge < -0.3 is 15.2 Å². The molecule has 0 saturated heterocycles. The second kappa shape index (κ2) is 3.76. The number of nitrogens with one attached hydrogen (secondary N) is 1. The Morgan fingerprint density at radius 2 is 2.00 bits per heavy atom. The molecule has 1 aromatic carbocycles. The minimum absolute atomic E-state index is 0.212. The van der Waals surface area contributed by atoms with Gasteiger partial charge in [-0.25, -0.2) is 0 Å². The first kappa shape index (κ1) is 8.59. The van der Waals surface area contributed by atoms with Gasteiger partial charge >= 0.3 is 0 Å². The van der Waals surface area contributed by atoms with Crippen LogP contribution in [-0.4, -0.2) is 6.09 Å². The number of hydrogen-bond acceptors (Lipinski definition) is 2. The van der Waals surface area contributed by atoms with Gasteiger partial charge in [-0.3, -0.25) is 0 Å². The van der Waals surface area contributed by atoms with Crippen LogP contribution in [0, 0.1) is 0 Å². The normalized spacial score (nSPS) is 12.1. The number of carbonyl (C=O) groups excluding carboxylic acids is 1. The number of rotatable bonds is 2. The van der Waals surface area contributed by atoms with E-state index in [2.05, 4.69) is 5.32 Å². The summed E-state index contributed by atoms with van der Waals surface area (Å²) in [5.41, 5.74) is 0.932. The van der Waals surface area contributed by atoms with E-state index in [0.717, 1.165) is 5.56 Å². The molecule has 1 rings (SSSR count). The van der Waals surface area contributed by atoms with E-state index in [1.165, 1.54) is 0 Å². The Hall–Kier alpha value is -1.51. The molecule has 3 nitrogen and oxygen atoms in total. The van der Waals surface area contributed by atoms with Crippen molar-refractivity contribution in [1.29, 1.82) is 0 Å². The monoisotopic (exact) mass is 164 g/mol. The molecule has 64 valence electrons. The summed E-state index contributed by atoms with van der Waals surface area (Å²) >= 11 is 0. The fourth-order valence-electron chi connectivity index (χ4n) is 1.00. The molecule has 3 heteroatoms. The van der Waals surface area contributed by atoms with Crippen molar-refractivity contribution in [3.8, 4) is 0 Å². The van der Waals surface area contributed by atoms with Crippen molar-refractivity contribution in [1.82, 2.24) is 5.32 Å². The summed E-state index contributed by atoms with van der Waals surface area (Å²) < 4.78 is 0. The van der Waals surface area contributed by atoms with Gasteiger partial charge in [0.25, 0.3) is 0 Å². The first-order valence-corrected chi connectivity index (χ1v) is 3.72. The molecule has 0 aliphatic rings. The van der Waals surface area contributed by atoms with E-state index in [4.69, 9.17) is 0 Å². The van der Waals surface area contributed by atoms with Crippen molar-refractivity contribution in [3.05, 3.63) is 35.9 Å². The lowest BCUT2D eigenvalue weighted by atomic mass is 10.1. The molecule has 0 heterocycles. The lowest BCUT2D eigenvalue weighted by Crippen LogP contribution is -2.37. The molecule has 0 aromatic heterocycles. The summed E-state index contributed by atoms with van der Waals surface area (Å²) in [6, 6.07) is 9.12. The summed E-state index contributed by atoms with van der Waals surface area (Å²) in [5, 5.41) is 12.4. The molecular weight excluding hydrogens is 154 g/mol. The fraction of sp³-hybridized carbons (Fsp3) is 0.222. The molecule has 0 fully saturated rings. The van der Waals surface area contributed by atoms with Crippen molar-refractivity contribution >= 4 is 6.09 Å². The van der Waals surface area contributed by atoms with Crippen LogP contribution >= 0.6 is 0 Å². The quantitative estimate of drug-likeness (QED) is 0.698. The molecule has 0 radical (unpaired) electrons. The van der Waals surface area contributed by atoms with E-state index in [-0.39, 0.29) is 6.04 Å². The number of hydrogen-bond donors (Lipinski definition) is 1. The molecule has 0 spiro atoms. The fourth-order valence-corrected chi connectivity index (χ4v) is 1.00. The summed E-state index contributed by atoms with van der Waals surface area (Å²) in [7, 11) is 0. The summed E-state index contributed by atoms with van der Waals surface area (Å²) in [5.74, 6) is 0. The smallest absolute Gasteiger partial charge is 0.134 e. The second-order valence-corrected chi connectivity index (χ2v) is 2.56. The minimum Gasteiger partial charge on any atom is -0.530 e. The Labute approximate surface area is 71.0 Å². The number of carboxylic acid groups (broad SMARTS) is 1. The highest BCUT2D eigenvalue weighted by Crippen LogP contribution is 2.09. The lowest BCUT2D eigenvalue weighted by Gasteiger charge is -2.15. The predicted molar refractivity (Wildman–Crippen MR) is 43.4 cm³/mol. The van der Waals surface area contributed by atoms with Crippen LogP contribution in [0.5, 0.6) is 0 Å². The van der Waals surface area contributed by atoms with Crippen LogP contribution in [0.3, 0.4) is 0 Å². The molecular formula is C9H10NO2-. The van der Waals surface area contributed by atoms with Crippen LogP contribution in [0.1, 0.15) is 18.5 Å². The van der Waals surface area contributed by atoms with Gasteiger partial charge in [0.05, 0.1) is 0 Å². The highest BCUT2D eigenvalue weighted by Gasteiger charge is 2.01. The van der Waals surface area contributed by atoms with Gasteiger partial charge in [0.1, 0.15) is 6.09 Å². The zero-order valence-corrected chi connectivity index (χ0v) is 6.78. The molecule has 1 atom stereocenters. The molecule has 12 heavy (non-hydrogen) atoms. The Kier molecular flexibility index (Phi) is 2.69. The van der Waals surface area contributed by atoms with Gasteiger partial charge in [-0.05, 0) is 12.5 Å². The third-order valence-corrected chi connectivity index (χ3v) is 1.63. The molecule has 1 unspecified atom stereocenters. The van der Waals surface area contributed by atoms with Gasteiger partial charge in [0.2, 0.25) is 0 Å². The first-order valence-electron chi connectivity index (χ1n) is 3.72. The largest absolute Gasteiger partial charge is 0.530 e. The van der Waals surface area contributed by atoms with Gasteiger partial charge in [0.15, 0.2) is 0 Å². The van der Waals surface area contributed by atoms with Crippen molar-refractivity contribution in [2.45, 2.75) is 13.0 Å². The summed E-state index contributed by atoms with van der Waals surface area (Å²) in [4.78, 5) is 10.2. The topological polar surface area (TPSA) is 52.2 Å². The Morgan fingerprint density at radius 3 is 2.50 bits per heavy atom. The average molecular weight is 164 g/mol. The van der Waals surface area contributed by atoms with Crippen molar-refractivity contribution < 1.29 is 9.90 Å². The highest BCUT2D eigenvalue weighted by atomic mass is 16.4. The van der Waals surface area contributed by atoms with Gasteiger partial charge in [-0.1, -0.05) is 30.3 Å². The van der Waals surface area contributed by atoms with Gasteiger partial charge in [0, 0.05) is 6.04 Å². The molecule has 0 aliphatic carbocycles. The average Bonchev–Trinajstić information content (AvgIpc) is 2.05. The van der Waals surface area contributed by atoms with Crippen LogP contribution < -0.4 is 10.4 Å². The zero-order chi connectivity index (χ0) is 8.97. The highest BCUT2D eigenvalue weighted by molar-refractivity contribution is 5.62. The van der Waals surface area contributed by atoms with Gasteiger partial charge in [-0.2, -0.15) is 0 Å². The van der Waals surface area contributed by atoms with E-state index < -0.39 is 6.09 Å². The Morgan fingerprint density at radius 1 is 1.42 bits per heavy atom. The Balaban J connectivity index is 2.65. The lowest BCUT2D eigenvalue weighted by molar-refractivity contribution is -0.251. The molecule has 0 saturated carbocycles. The second-order valence-electron chi connectivity index (χ2n) is 2.56. The van der Waals surface area contributed by atoms with Gasteiger partial charge in [-0.15, -0.1) is 0 Å². The minimum atomic E-state index is -1.24. The van der Waals surface area contributed by atoms with Crippen LogP contribution in [0.2, 0.25) is 0 Å². The maximum Gasteiger partial charge on any atom is 0.134 e. The third-order valence-electron chi connectivity index (χ3n) is 1.63. The first-order chi connectivity index (χ1) is 5.70. The van der Waals surface area contributed by atoms with E-state index in [0.29, 0.717) is 0 Å². The SMILES string of the molecule is CC(NC(=O)[O-])c1ccccc1. The number of carbonyl (C=O) groups is 1. The van der Waals surface area contributed by atoms with Crippen molar-refractivity contribution in [2.24, 2.45) is 0 Å².